The molecule has 0 spiro atoms. The van der Waals surface area contributed by atoms with Crippen molar-refractivity contribution in [3.63, 3.8) is 0 Å². The number of nitrogens with zero attached hydrogens (tertiary/aromatic N) is 3. The van der Waals surface area contributed by atoms with Gasteiger partial charge in [-0.3, -0.25) is 4.79 Å². The zero-order valence-corrected chi connectivity index (χ0v) is 14.5. The molecule has 0 radical (unpaired) electrons. The summed E-state index contributed by atoms with van der Waals surface area (Å²) in [5, 5.41) is 0. The summed E-state index contributed by atoms with van der Waals surface area (Å²) in [4.78, 5) is 19.8. The molecular formula is C19H20FN3O2. The Morgan fingerprint density at radius 3 is 2.52 bits per heavy atom. The Hall–Kier alpha value is -2.89. The van der Waals surface area contributed by atoms with Crippen LogP contribution < -0.4 is 4.90 Å². The standard InChI is InChI=1S/C19H20FN3O2/c1-4-23(19-21-16-11-15(20)9-10-17(16)25-19)12-13-5-7-14(8-6-13)18(24)22(2)3/h5-11H,4,12H2,1-3H3. The van der Waals surface area contributed by atoms with Crippen molar-refractivity contribution in [2.45, 2.75) is 13.5 Å². The number of carbonyl (C=O) groups excluding carboxylic acids is 1. The molecule has 2 aromatic carbocycles. The fourth-order valence-electron chi connectivity index (χ4n) is 2.57. The molecule has 6 heteroatoms. The maximum absolute atomic E-state index is 13.3. The summed E-state index contributed by atoms with van der Waals surface area (Å²) in [6.07, 6.45) is 0. The Morgan fingerprint density at radius 1 is 1.16 bits per heavy atom. The van der Waals surface area contributed by atoms with Crippen LogP contribution in [0.1, 0.15) is 22.8 Å². The van der Waals surface area contributed by atoms with E-state index in [-0.39, 0.29) is 11.7 Å². The number of benzene rings is 2. The molecule has 0 aliphatic carbocycles. The van der Waals surface area contributed by atoms with Gasteiger partial charge in [-0.05, 0) is 36.8 Å². The molecular weight excluding hydrogens is 321 g/mol. The van der Waals surface area contributed by atoms with Gasteiger partial charge >= 0.3 is 0 Å². The van der Waals surface area contributed by atoms with Crippen molar-refractivity contribution in [3.05, 3.63) is 59.4 Å². The number of amides is 1. The lowest BCUT2D eigenvalue weighted by molar-refractivity contribution is 0.0827. The quantitative estimate of drug-likeness (QED) is 0.710. The molecule has 3 rings (SSSR count). The van der Waals surface area contributed by atoms with Crippen molar-refractivity contribution in [1.82, 2.24) is 9.88 Å². The Morgan fingerprint density at radius 2 is 1.88 bits per heavy atom. The Labute approximate surface area is 145 Å². The molecule has 0 atom stereocenters. The normalized spacial score (nSPS) is 10.9. The second-order valence-electron chi connectivity index (χ2n) is 6.02. The van der Waals surface area contributed by atoms with Gasteiger partial charge in [0, 0.05) is 38.8 Å². The lowest BCUT2D eigenvalue weighted by Crippen LogP contribution is -2.23. The van der Waals surface area contributed by atoms with Crippen molar-refractivity contribution in [2.75, 3.05) is 25.5 Å². The van der Waals surface area contributed by atoms with Gasteiger partial charge in [0.05, 0.1) is 0 Å². The van der Waals surface area contributed by atoms with E-state index in [1.165, 1.54) is 12.1 Å². The van der Waals surface area contributed by atoms with Crippen LogP contribution in [-0.4, -0.2) is 36.4 Å². The van der Waals surface area contributed by atoms with Gasteiger partial charge in [-0.25, -0.2) is 4.39 Å². The van der Waals surface area contributed by atoms with E-state index in [1.54, 1.807) is 25.1 Å². The smallest absolute Gasteiger partial charge is 0.298 e. The van der Waals surface area contributed by atoms with Crippen LogP contribution in [0.15, 0.2) is 46.9 Å². The molecule has 3 aromatic rings. The number of aromatic nitrogens is 1. The van der Waals surface area contributed by atoms with Crippen LogP contribution in [0.4, 0.5) is 10.4 Å². The molecule has 5 nitrogen and oxygen atoms in total. The Kier molecular flexibility index (Phi) is 4.70. The maximum Gasteiger partial charge on any atom is 0.298 e. The number of rotatable bonds is 5. The van der Waals surface area contributed by atoms with Gasteiger partial charge in [0.25, 0.3) is 11.9 Å². The third-order valence-corrected chi connectivity index (χ3v) is 3.97. The molecule has 0 aliphatic rings. The summed E-state index contributed by atoms with van der Waals surface area (Å²) < 4.78 is 19.0. The molecule has 0 N–H and O–H groups in total. The Balaban J connectivity index is 1.80. The summed E-state index contributed by atoms with van der Waals surface area (Å²) in [7, 11) is 3.45. The summed E-state index contributed by atoms with van der Waals surface area (Å²) in [6.45, 7) is 3.27. The minimum Gasteiger partial charge on any atom is -0.423 e. The van der Waals surface area contributed by atoms with Gasteiger partial charge in [0.1, 0.15) is 11.3 Å². The first-order valence-corrected chi connectivity index (χ1v) is 8.09. The van der Waals surface area contributed by atoms with Crippen molar-refractivity contribution in [3.8, 4) is 0 Å². The average Bonchev–Trinajstić information content (AvgIpc) is 3.02. The van der Waals surface area contributed by atoms with Crippen molar-refractivity contribution in [1.29, 1.82) is 0 Å². The van der Waals surface area contributed by atoms with Gasteiger partial charge in [0.15, 0.2) is 5.58 Å². The predicted octanol–water partition coefficient (Wildman–Crippen LogP) is 3.70. The minimum absolute atomic E-state index is 0.0279. The summed E-state index contributed by atoms with van der Waals surface area (Å²) >= 11 is 0. The highest BCUT2D eigenvalue weighted by Gasteiger charge is 2.14. The first-order valence-electron chi connectivity index (χ1n) is 8.09. The third-order valence-electron chi connectivity index (χ3n) is 3.97. The topological polar surface area (TPSA) is 49.6 Å². The molecule has 0 unspecified atom stereocenters. The lowest BCUT2D eigenvalue weighted by Gasteiger charge is -2.18. The largest absolute Gasteiger partial charge is 0.423 e. The fraction of sp³-hybridized carbons (Fsp3) is 0.263. The van der Waals surface area contributed by atoms with E-state index in [0.717, 1.165) is 5.56 Å². The zero-order valence-electron chi connectivity index (χ0n) is 14.5. The number of fused-ring (bicyclic) bond motifs is 1. The van der Waals surface area contributed by atoms with E-state index >= 15 is 0 Å². The third kappa shape index (κ3) is 3.63. The SMILES string of the molecule is CCN(Cc1ccc(C(=O)N(C)C)cc1)c1nc2cc(F)ccc2o1. The van der Waals surface area contributed by atoms with Crippen molar-refractivity contribution in [2.24, 2.45) is 0 Å². The molecule has 1 aromatic heterocycles. The molecule has 25 heavy (non-hydrogen) atoms. The van der Waals surface area contributed by atoms with E-state index in [1.807, 2.05) is 36.1 Å². The predicted molar refractivity (Wildman–Crippen MR) is 95.2 cm³/mol. The van der Waals surface area contributed by atoms with Gasteiger partial charge in [-0.15, -0.1) is 0 Å². The maximum atomic E-state index is 13.3. The van der Waals surface area contributed by atoms with E-state index in [9.17, 15) is 9.18 Å². The molecule has 0 saturated carbocycles. The highest BCUT2D eigenvalue weighted by atomic mass is 19.1. The monoisotopic (exact) mass is 341 g/mol. The fourth-order valence-corrected chi connectivity index (χ4v) is 2.57. The Bertz CT molecular complexity index is 887. The average molecular weight is 341 g/mol. The van der Waals surface area contributed by atoms with Crippen LogP contribution in [0.2, 0.25) is 0 Å². The molecule has 130 valence electrons. The first-order chi connectivity index (χ1) is 12.0. The second-order valence-corrected chi connectivity index (χ2v) is 6.02. The number of oxazole rings is 1. The van der Waals surface area contributed by atoms with Crippen LogP contribution in [0.5, 0.6) is 0 Å². The van der Waals surface area contributed by atoms with Crippen LogP contribution in [0.3, 0.4) is 0 Å². The van der Waals surface area contributed by atoms with E-state index in [0.29, 0.717) is 35.8 Å². The molecule has 0 fully saturated rings. The lowest BCUT2D eigenvalue weighted by atomic mass is 10.1. The number of halogens is 1. The highest BCUT2D eigenvalue weighted by molar-refractivity contribution is 5.93. The van der Waals surface area contributed by atoms with Gasteiger partial charge < -0.3 is 14.2 Å². The molecule has 0 bridgehead atoms. The summed E-state index contributed by atoms with van der Waals surface area (Å²) in [5.41, 5.74) is 2.74. The first kappa shape index (κ1) is 17.0. The van der Waals surface area contributed by atoms with E-state index in [4.69, 9.17) is 4.42 Å². The molecule has 1 amide bonds. The highest BCUT2D eigenvalue weighted by Crippen LogP contribution is 2.24. The zero-order chi connectivity index (χ0) is 18.0. The van der Waals surface area contributed by atoms with Crippen LogP contribution in [0.25, 0.3) is 11.1 Å². The van der Waals surface area contributed by atoms with Crippen molar-refractivity contribution < 1.29 is 13.6 Å². The molecule has 1 heterocycles. The molecule has 0 aliphatic heterocycles. The number of hydrogen-bond acceptors (Lipinski definition) is 4. The van der Waals surface area contributed by atoms with Crippen LogP contribution in [-0.2, 0) is 6.54 Å². The number of hydrogen-bond donors (Lipinski definition) is 0. The van der Waals surface area contributed by atoms with Crippen molar-refractivity contribution >= 4 is 23.0 Å². The van der Waals surface area contributed by atoms with E-state index in [2.05, 4.69) is 4.98 Å². The van der Waals surface area contributed by atoms with Crippen LogP contribution in [0, 0.1) is 5.82 Å². The number of carbonyl (C=O) groups is 1. The summed E-state index contributed by atoms with van der Waals surface area (Å²) in [6, 6.07) is 12.2. The van der Waals surface area contributed by atoms with Crippen LogP contribution >= 0.6 is 0 Å². The minimum atomic E-state index is -0.337. The molecule has 0 saturated heterocycles. The summed E-state index contributed by atoms with van der Waals surface area (Å²) in [5.74, 6) is -0.364. The second kappa shape index (κ2) is 6.93. The van der Waals surface area contributed by atoms with E-state index < -0.39 is 0 Å². The van der Waals surface area contributed by atoms with Gasteiger partial charge in [-0.2, -0.15) is 4.98 Å². The van der Waals surface area contributed by atoms with Gasteiger partial charge in [-0.1, -0.05) is 12.1 Å². The number of anilines is 1. The van der Waals surface area contributed by atoms with Gasteiger partial charge in [0.2, 0.25) is 0 Å².